The van der Waals surface area contributed by atoms with E-state index in [9.17, 15) is 19.7 Å². The fraction of sp³-hybridized carbons (Fsp3) is 0.176. The highest BCUT2D eigenvalue weighted by Gasteiger charge is 2.43. The number of nitro groups is 1. The van der Waals surface area contributed by atoms with E-state index < -0.39 is 11.0 Å². The van der Waals surface area contributed by atoms with Crippen LogP contribution in [0, 0.1) is 16.0 Å². The van der Waals surface area contributed by atoms with Crippen LogP contribution in [0.15, 0.2) is 54.6 Å². The second-order valence-electron chi connectivity index (χ2n) is 5.74. The normalized spacial score (nSPS) is 18.1. The third-order valence-corrected chi connectivity index (χ3v) is 3.97. The van der Waals surface area contributed by atoms with Gasteiger partial charge in [-0.25, -0.2) is 10.2 Å². The minimum Gasteiger partial charge on any atom is -0.306 e. The van der Waals surface area contributed by atoms with Gasteiger partial charge in [0.15, 0.2) is 0 Å². The minimum absolute atomic E-state index is 0.134. The van der Waals surface area contributed by atoms with Gasteiger partial charge >= 0.3 is 6.03 Å². The summed E-state index contributed by atoms with van der Waals surface area (Å²) in [6.45, 7) is 0. The highest BCUT2D eigenvalue weighted by molar-refractivity contribution is 5.92. The lowest BCUT2D eigenvalue weighted by atomic mass is 10.1. The van der Waals surface area contributed by atoms with Crippen LogP contribution in [-0.4, -0.2) is 16.9 Å². The number of urea groups is 1. The van der Waals surface area contributed by atoms with Crippen LogP contribution < -0.4 is 16.2 Å². The maximum absolute atomic E-state index is 12.0. The molecule has 0 saturated heterocycles. The van der Waals surface area contributed by atoms with Gasteiger partial charge in [-0.3, -0.25) is 20.3 Å². The van der Waals surface area contributed by atoms with E-state index in [-0.39, 0.29) is 29.1 Å². The Bertz CT molecular complexity index is 809. The van der Waals surface area contributed by atoms with E-state index in [1.165, 1.54) is 24.3 Å². The topological polar surface area (TPSA) is 113 Å². The Kier molecular flexibility index (Phi) is 4.60. The van der Waals surface area contributed by atoms with E-state index in [2.05, 4.69) is 16.2 Å². The number of hydrazine groups is 1. The van der Waals surface area contributed by atoms with Crippen molar-refractivity contribution in [3.8, 4) is 0 Å². The Hall–Kier alpha value is -3.42. The molecule has 0 aliphatic heterocycles. The molecule has 2 aromatic rings. The number of carbonyl (C=O) groups excluding carboxylic acids is 2. The molecule has 25 heavy (non-hydrogen) atoms. The molecule has 0 bridgehead atoms. The van der Waals surface area contributed by atoms with Crippen molar-refractivity contribution < 1.29 is 14.5 Å². The molecule has 2 unspecified atom stereocenters. The molecule has 3 amide bonds. The molecule has 3 N–H and O–H groups in total. The largest absolute Gasteiger partial charge is 0.337 e. The Balaban J connectivity index is 1.47. The summed E-state index contributed by atoms with van der Waals surface area (Å²) >= 11 is 0. The van der Waals surface area contributed by atoms with Crippen LogP contribution in [0.1, 0.15) is 17.9 Å². The number of amides is 3. The van der Waals surface area contributed by atoms with Crippen molar-refractivity contribution in [2.45, 2.75) is 12.3 Å². The molecule has 1 aliphatic carbocycles. The molecule has 3 rings (SSSR count). The molecule has 0 radical (unpaired) electrons. The number of carbonyl (C=O) groups is 2. The predicted octanol–water partition coefficient (Wildman–Crippen LogP) is 2.55. The number of nitro benzene ring substituents is 1. The van der Waals surface area contributed by atoms with Gasteiger partial charge in [0.05, 0.1) is 4.92 Å². The summed E-state index contributed by atoms with van der Waals surface area (Å²) in [6, 6.07) is 14.6. The second-order valence-corrected chi connectivity index (χ2v) is 5.74. The standard InChI is InChI=1S/C17H16N4O4/c22-16(15-10-14(15)11-5-2-1-3-6-11)19-20-17(23)18-12-7-4-8-13(9-12)21(24)25/h1-9,14-15H,10H2,(H,19,22)(H2,18,20,23). The Labute approximate surface area is 143 Å². The van der Waals surface area contributed by atoms with Gasteiger partial charge in [-0.15, -0.1) is 0 Å². The van der Waals surface area contributed by atoms with Gasteiger partial charge in [-0.05, 0) is 24.0 Å². The molecule has 1 saturated carbocycles. The number of benzene rings is 2. The highest BCUT2D eigenvalue weighted by atomic mass is 16.6. The molecule has 1 fully saturated rings. The number of rotatable bonds is 4. The second kappa shape index (κ2) is 7.00. The summed E-state index contributed by atoms with van der Waals surface area (Å²) in [6.07, 6.45) is 0.740. The number of non-ortho nitro benzene ring substituents is 1. The number of nitrogens with zero attached hydrogens (tertiary/aromatic N) is 1. The van der Waals surface area contributed by atoms with Crippen LogP contribution in [0.5, 0.6) is 0 Å². The van der Waals surface area contributed by atoms with E-state index in [1.807, 2.05) is 30.3 Å². The third kappa shape index (κ3) is 4.11. The monoisotopic (exact) mass is 340 g/mol. The number of hydrogen-bond acceptors (Lipinski definition) is 4. The maximum atomic E-state index is 12.0. The first-order valence-electron chi connectivity index (χ1n) is 7.71. The van der Waals surface area contributed by atoms with Gasteiger partial charge < -0.3 is 5.32 Å². The first-order chi connectivity index (χ1) is 12.0. The quantitative estimate of drug-likeness (QED) is 0.586. The van der Waals surface area contributed by atoms with Crippen molar-refractivity contribution in [2.24, 2.45) is 5.92 Å². The average Bonchev–Trinajstić information content (AvgIpc) is 3.41. The van der Waals surface area contributed by atoms with Crippen LogP contribution in [0.2, 0.25) is 0 Å². The first-order valence-corrected chi connectivity index (χ1v) is 7.71. The molecule has 0 heterocycles. The summed E-state index contributed by atoms with van der Waals surface area (Å²) in [7, 11) is 0. The molecule has 0 spiro atoms. The molecule has 1 aliphatic rings. The van der Waals surface area contributed by atoms with Crippen LogP contribution in [0.25, 0.3) is 0 Å². The predicted molar refractivity (Wildman–Crippen MR) is 90.7 cm³/mol. The van der Waals surface area contributed by atoms with Gasteiger partial charge in [-0.2, -0.15) is 0 Å². The molecule has 0 aromatic heterocycles. The Morgan fingerprint density at radius 1 is 1.04 bits per heavy atom. The zero-order valence-electron chi connectivity index (χ0n) is 13.1. The lowest BCUT2D eigenvalue weighted by Gasteiger charge is -2.09. The van der Waals surface area contributed by atoms with Crippen LogP contribution in [0.3, 0.4) is 0 Å². The zero-order valence-corrected chi connectivity index (χ0v) is 13.1. The lowest BCUT2D eigenvalue weighted by Crippen LogP contribution is -2.44. The van der Waals surface area contributed by atoms with Crippen LogP contribution >= 0.6 is 0 Å². The fourth-order valence-electron chi connectivity index (χ4n) is 2.62. The molecule has 8 heteroatoms. The van der Waals surface area contributed by atoms with Crippen molar-refractivity contribution >= 4 is 23.3 Å². The van der Waals surface area contributed by atoms with E-state index in [0.29, 0.717) is 0 Å². The highest BCUT2D eigenvalue weighted by Crippen LogP contribution is 2.47. The number of nitrogens with one attached hydrogen (secondary N) is 3. The molecular weight excluding hydrogens is 324 g/mol. The minimum atomic E-state index is -0.675. The lowest BCUT2D eigenvalue weighted by molar-refractivity contribution is -0.384. The Morgan fingerprint density at radius 3 is 2.52 bits per heavy atom. The summed E-state index contributed by atoms with van der Waals surface area (Å²) in [4.78, 5) is 34.0. The fourth-order valence-corrected chi connectivity index (χ4v) is 2.62. The summed E-state index contributed by atoms with van der Waals surface area (Å²) in [5.74, 6) is -0.258. The van der Waals surface area contributed by atoms with Crippen molar-refractivity contribution in [3.63, 3.8) is 0 Å². The van der Waals surface area contributed by atoms with Crippen molar-refractivity contribution in [1.82, 2.24) is 10.9 Å². The van der Waals surface area contributed by atoms with Crippen molar-refractivity contribution in [1.29, 1.82) is 0 Å². The first kappa shape index (κ1) is 16.4. The Morgan fingerprint density at radius 2 is 1.80 bits per heavy atom. The van der Waals surface area contributed by atoms with Gasteiger partial charge in [0, 0.05) is 23.7 Å². The van der Waals surface area contributed by atoms with E-state index >= 15 is 0 Å². The SMILES string of the molecule is O=C(NNC(=O)C1CC1c1ccccc1)Nc1cccc([N+](=O)[O-])c1. The number of anilines is 1. The van der Waals surface area contributed by atoms with Crippen LogP contribution in [-0.2, 0) is 4.79 Å². The van der Waals surface area contributed by atoms with Crippen molar-refractivity contribution in [2.75, 3.05) is 5.32 Å². The molecule has 8 nitrogen and oxygen atoms in total. The van der Waals surface area contributed by atoms with Gasteiger partial charge in [-0.1, -0.05) is 36.4 Å². The molecule has 2 aromatic carbocycles. The van der Waals surface area contributed by atoms with E-state index in [0.717, 1.165) is 12.0 Å². The average molecular weight is 340 g/mol. The smallest absolute Gasteiger partial charge is 0.306 e. The van der Waals surface area contributed by atoms with E-state index in [4.69, 9.17) is 0 Å². The zero-order chi connectivity index (χ0) is 17.8. The number of hydrogen-bond donors (Lipinski definition) is 3. The van der Waals surface area contributed by atoms with Gasteiger partial charge in [0.25, 0.3) is 5.69 Å². The van der Waals surface area contributed by atoms with Crippen LogP contribution in [0.4, 0.5) is 16.2 Å². The maximum Gasteiger partial charge on any atom is 0.337 e. The summed E-state index contributed by atoms with van der Waals surface area (Å²) in [5, 5.41) is 13.1. The summed E-state index contributed by atoms with van der Waals surface area (Å²) in [5.41, 5.74) is 5.85. The van der Waals surface area contributed by atoms with Gasteiger partial charge in [0.2, 0.25) is 5.91 Å². The van der Waals surface area contributed by atoms with Gasteiger partial charge in [0.1, 0.15) is 0 Å². The van der Waals surface area contributed by atoms with Crippen molar-refractivity contribution in [3.05, 3.63) is 70.3 Å². The summed E-state index contributed by atoms with van der Waals surface area (Å²) < 4.78 is 0. The molecule has 2 atom stereocenters. The molecular formula is C17H16N4O4. The molecule has 128 valence electrons. The third-order valence-electron chi connectivity index (χ3n) is 3.97. The van der Waals surface area contributed by atoms with E-state index in [1.54, 1.807) is 0 Å².